The van der Waals surface area contributed by atoms with Crippen LogP contribution in [0.1, 0.15) is 77.4 Å². The molecule has 3 unspecified atom stereocenters. The third-order valence-corrected chi connectivity index (χ3v) is 8.29. The van der Waals surface area contributed by atoms with Crippen LogP contribution in [-0.4, -0.2) is 33.4 Å². The van der Waals surface area contributed by atoms with Gasteiger partial charge in [0.2, 0.25) is 0 Å². The van der Waals surface area contributed by atoms with Gasteiger partial charge in [-0.15, -0.1) is 0 Å². The molecule has 7 nitrogen and oxygen atoms in total. The van der Waals surface area contributed by atoms with Crippen molar-refractivity contribution in [3.8, 4) is 11.3 Å². The third kappa shape index (κ3) is 5.26. The summed E-state index contributed by atoms with van der Waals surface area (Å²) in [5.74, 6) is 1.07. The van der Waals surface area contributed by atoms with Crippen LogP contribution in [-0.2, 0) is 17.5 Å². The zero-order valence-corrected chi connectivity index (χ0v) is 21.5. The second kappa shape index (κ2) is 9.97. The Kier molecular flexibility index (Phi) is 6.61. The number of benzene rings is 1. The summed E-state index contributed by atoms with van der Waals surface area (Å²) in [7, 11) is 0. The molecular weight excluding hydrogens is 511 g/mol. The van der Waals surface area contributed by atoms with Gasteiger partial charge in [-0.25, -0.2) is 9.78 Å². The van der Waals surface area contributed by atoms with E-state index in [9.17, 15) is 23.1 Å². The number of carboxylic acid groups (broad SMARTS) is 1. The van der Waals surface area contributed by atoms with Gasteiger partial charge in [0.05, 0.1) is 23.8 Å². The topological polar surface area (TPSA) is 97.5 Å². The highest BCUT2D eigenvalue weighted by atomic mass is 19.4. The molecule has 2 N–H and O–H groups in total. The summed E-state index contributed by atoms with van der Waals surface area (Å²) in [6.45, 7) is 1.93. The SMILES string of the molecule is Cc1cc(C(=O)O)cc(NC2C3CC[C@H]2CC(OCc2c(-c4ccccc4C(F)(F)F)noc2C2CC2)C3)n1. The van der Waals surface area contributed by atoms with Crippen LogP contribution >= 0.6 is 0 Å². The van der Waals surface area contributed by atoms with Gasteiger partial charge in [0.25, 0.3) is 0 Å². The number of hydrogen-bond donors (Lipinski definition) is 2. The molecule has 3 aromatic rings. The van der Waals surface area contributed by atoms with Crippen molar-refractivity contribution in [2.75, 3.05) is 5.32 Å². The van der Waals surface area contributed by atoms with Gasteiger partial charge in [0, 0.05) is 28.8 Å². The number of aromatic carboxylic acids is 1. The number of nitrogens with zero attached hydrogens (tertiary/aromatic N) is 2. The molecule has 4 atom stereocenters. The van der Waals surface area contributed by atoms with Crippen molar-refractivity contribution < 1.29 is 32.3 Å². The van der Waals surface area contributed by atoms with E-state index in [1.54, 1.807) is 25.1 Å². The van der Waals surface area contributed by atoms with Gasteiger partial charge < -0.3 is 19.7 Å². The van der Waals surface area contributed by atoms with E-state index in [1.165, 1.54) is 12.1 Å². The van der Waals surface area contributed by atoms with Crippen molar-refractivity contribution in [1.29, 1.82) is 0 Å². The van der Waals surface area contributed by atoms with Crippen molar-refractivity contribution >= 4 is 11.8 Å². The van der Waals surface area contributed by atoms with Gasteiger partial charge >= 0.3 is 12.1 Å². The lowest BCUT2D eigenvalue weighted by Gasteiger charge is -2.36. The fourth-order valence-electron chi connectivity index (χ4n) is 6.36. The summed E-state index contributed by atoms with van der Waals surface area (Å²) in [6, 6.07) is 8.76. The number of nitrogens with one attached hydrogen (secondary N) is 1. The van der Waals surface area contributed by atoms with Crippen molar-refractivity contribution in [3.05, 3.63) is 64.5 Å². The first-order chi connectivity index (χ1) is 18.7. The summed E-state index contributed by atoms with van der Waals surface area (Å²) < 4.78 is 53.3. The number of carbonyl (C=O) groups is 1. The molecule has 3 fully saturated rings. The van der Waals surface area contributed by atoms with E-state index in [0.29, 0.717) is 34.7 Å². The predicted octanol–water partition coefficient (Wildman–Crippen LogP) is 6.83. The molecule has 0 radical (unpaired) electrons. The average molecular weight is 542 g/mol. The summed E-state index contributed by atoms with van der Waals surface area (Å²) >= 11 is 0. The predicted molar refractivity (Wildman–Crippen MR) is 136 cm³/mol. The van der Waals surface area contributed by atoms with Crippen LogP contribution < -0.4 is 5.32 Å². The Balaban J connectivity index is 1.18. The maximum atomic E-state index is 13.8. The number of carboxylic acids is 1. The molecule has 3 aliphatic rings. The molecule has 0 aliphatic heterocycles. The van der Waals surface area contributed by atoms with Gasteiger partial charge in [-0.1, -0.05) is 23.4 Å². The molecule has 39 heavy (non-hydrogen) atoms. The number of aryl methyl sites for hydroxylation is 1. The van der Waals surface area contributed by atoms with Crippen LogP contribution in [0.4, 0.5) is 19.0 Å². The van der Waals surface area contributed by atoms with E-state index in [0.717, 1.165) is 44.6 Å². The van der Waals surface area contributed by atoms with E-state index in [1.807, 2.05) is 0 Å². The van der Waals surface area contributed by atoms with Gasteiger partial charge in [0.15, 0.2) is 0 Å². The average Bonchev–Trinajstić information content (AvgIpc) is 3.60. The summed E-state index contributed by atoms with van der Waals surface area (Å²) in [6.07, 6.45) is 1.01. The molecule has 1 aromatic carbocycles. The van der Waals surface area contributed by atoms with E-state index >= 15 is 0 Å². The normalized spacial score (nSPS) is 24.6. The number of ether oxygens (including phenoxy) is 1. The van der Waals surface area contributed by atoms with Crippen LogP contribution in [0, 0.1) is 18.8 Å². The van der Waals surface area contributed by atoms with Crippen molar-refractivity contribution in [3.63, 3.8) is 0 Å². The van der Waals surface area contributed by atoms with E-state index in [2.05, 4.69) is 15.5 Å². The highest BCUT2D eigenvalue weighted by molar-refractivity contribution is 5.88. The zero-order chi connectivity index (χ0) is 27.3. The molecule has 0 amide bonds. The standard InChI is InChI=1S/C29H30F3N3O4/c1-15-10-19(28(36)37)13-24(33-15)34-25-17-8-9-18(25)12-20(11-17)38-14-22-26(35-39-27(22)16-6-7-16)21-4-2-3-5-23(21)29(30,31)32/h2-5,10,13,16-18,20,25H,6-9,11-12,14H2,1H3,(H,33,34)(H,36,37)/t17-,18?,20?,25?/m0/s1. The number of hydrogen-bond acceptors (Lipinski definition) is 6. The van der Waals surface area contributed by atoms with Crippen LogP contribution in [0.5, 0.6) is 0 Å². The number of halogens is 3. The van der Waals surface area contributed by atoms with Crippen LogP contribution in [0.2, 0.25) is 0 Å². The monoisotopic (exact) mass is 541 g/mol. The Bertz CT molecular complexity index is 1370. The highest BCUT2D eigenvalue weighted by Crippen LogP contribution is 2.48. The van der Waals surface area contributed by atoms with Crippen molar-refractivity contribution in [2.24, 2.45) is 11.8 Å². The summed E-state index contributed by atoms with van der Waals surface area (Å²) in [5.41, 5.74) is 0.957. The molecule has 2 heterocycles. The maximum Gasteiger partial charge on any atom is 0.417 e. The Morgan fingerprint density at radius 1 is 1.13 bits per heavy atom. The van der Waals surface area contributed by atoms with Crippen LogP contribution in [0.25, 0.3) is 11.3 Å². The molecule has 10 heteroatoms. The van der Waals surface area contributed by atoms with Crippen LogP contribution in [0.15, 0.2) is 40.9 Å². The van der Waals surface area contributed by atoms with E-state index in [-0.39, 0.29) is 41.5 Å². The second-order valence-corrected chi connectivity index (χ2v) is 11.1. The lowest BCUT2D eigenvalue weighted by molar-refractivity contribution is -0.137. The second-order valence-electron chi connectivity index (χ2n) is 11.1. The number of alkyl halides is 3. The van der Waals surface area contributed by atoms with Crippen LogP contribution in [0.3, 0.4) is 0 Å². The molecule has 0 spiro atoms. The number of anilines is 1. The number of fused-ring (bicyclic) bond motifs is 2. The molecule has 6 rings (SSSR count). The minimum atomic E-state index is -4.50. The largest absolute Gasteiger partial charge is 0.478 e. The van der Waals surface area contributed by atoms with Gasteiger partial charge in [-0.05, 0) is 75.5 Å². The van der Waals surface area contributed by atoms with Gasteiger partial charge in [-0.3, -0.25) is 0 Å². The Hall–Kier alpha value is -3.40. The Morgan fingerprint density at radius 3 is 2.51 bits per heavy atom. The van der Waals surface area contributed by atoms with Crippen molar-refractivity contribution in [2.45, 2.75) is 76.3 Å². The number of rotatable bonds is 8. The third-order valence-electron chi connectivity index (χ3n) is 8.29. The maximum absolute atomic E-state index is 13.8. The molecule has 2 bridgehead atoms. The first-order valence-corrected chi connectivity index (χ1v) is 13.4. The first-order valence-electron chi connectivity index (χ1n) is 13.4. The highest BCUT2D eigenvalue weighted by Gasteiger charge is 2.44. The van der Waals surface area contributed by atoms with E-state index in [4.69, 9.17) is 9.26 Å². The quantitative estimate of drug-likeness (QED) is 0.323. The lowest BCUT2D eigenvalue weighted by atomic mass is 9.82. The number of pyridine rings is 1. The fourth-order valence-corrected chi connectivity index (χ4v) is 6.36. The smallest absolute Gasteiger partial charge is 0.417 e. The molecular formula is C29H30F3N3O4. The molecule has 3 saturated carbocycles. The van der Waals surface area contributed by atoms with E-state index < -0.39 is 17.7 Å². The van der Waals surface area contributed by atoms with Gasteiger partial charge in [0.1, 0.15) is 17.3 Å². The Labute approximate surface area is 223 Å². The summed E-state index contributed by atoms with van der Waals surface area (Å²) in [4.78, 5) is 16.0. The van der Waals surface area contributed by atoms with Gasteiger partial charge in [-0.2, -0.15) is 13.2 Å². The lowest BCUT2D eigenvalue weighted by Crippen LogP contribution is -2.39. The molecule has 3 aliphatic carbocycles. The molecule has 206 valence electrons. The first kappa shape index (κ1) is 25.9. The number of aromatic nitrogens is 2. The minimum absolute atomic E-state index is 0.0126. The minimum Gasteiger partial charge on any atom is -0.478 e. The molecule has 2 aromatic heterocycles. The molecule has 0 saturated heterocycles. The Morgan fingerprint density at radius 2 is 1.85 bits per heavy atom. The van der Waals surface area contributed by atoms with Crippen molar-refractivity contribution in [1.82, 2.24) is 10.1 Å². The fraction of sp³-hybridized carbons (Fsp3) is 0.483. The zero-order valence-electron chi connectivity index (χ0n) is 21.5. The summed E-state index contributed by atoms with van der Waals surface area (Å²) in [5, 5.41) is 17.0.